The molecule has 1 atom stereocenters. The van der Waals surface area contributed by atoms with Gasteiger partial charge in [0.2, 0.25) is 17.7 Å². The van der Waals surface area contributed by atoms with Gasteiger partial charge in [-0.25, -0.2) is 0 Å². The van der Waals surface area contributed by atoms with Crippen molar-refractivity contribution in [2.24, 2.45) is 0 Å². The first-order valence-electron chi connectivity index (χ1n) is 9.32. The van der Waals surface area contributed by atoms with Gasteiger partial charge in [-0.1, -0.05) is 0 Å². The molecular weight excluding hydrogens is 431 g/mol. The Bertz CT molecular complexity index is 1130. The molecule has 0 spiro atoms. The largest absolute Gasteiger partial charge is 0.461 e. The molecule has 0 radical (unpaired) electrons. The molecule has 5 heterocycles. The maximum Gasteiger partial charge on any atom is 0.259 e. The highest BCUT2D eigenvalue weighted by molar-refractivity contribution is 6.28. The molecule has 1 aliphatic rings. The first kappa shape index (κ1) is 20.5. The van der Waals surface area contributed by atoms with Crippen LogP contribution >= 0.6 is 24.0 Å². The van der Waals surface area contributed by atoms with Crippen molar-refractivity contribution in [3.8, 4) is 11.6 Å². The molecule has 1 aliphatic heterocycles. The van der Waals surface area contributed by atoms with Gasteiger partial charge in [-0.05, 0) is 55.3 Å². The highest BCUT2D eigenvalue weighted by atomic mass is 35.5. The van der Waals surface area contributed by atoms with Crippen molar-refractivity contribution < 1.29 is 8.83 Å². The predicted molar refractivity (Wildman–Crippen MR) is 114 cm³/mol. The summed E-state index contributed by atoms with van der Waals surface area (Å²) in [5.74, 6) is 2.80. The molecule has 0 aliphatic carbocycles. The van der Waals surface area contributed by atoms with Gasteiger partial charge >= 0.3 is 0 Å². The second-order valence-electron chi connectivity index (χ2n) is 6.88. The standard InChI is InChI=1S/C18H19ClN8O2.ClH/c19-14-6-5-12(29-14)10-26-7-1-3-11(26)9-21-17-23-16(20)27-18(24-17)22-15(25-27)13-4-2-8-28-13;/h2,4-6,8,11H,1,3,7,9-10H2,(H3,20,21,22,23,24,25);1H/t11-;/m1./s1. The summed E-state index contributed by atoms with van der Waals surface area (Å²) in [6.45, 7) is 2.41. The second kappa shape index (κ2) is 8.50. The zero-order valence-corrected chi connectivity index (χ0v) is 17.4. The number of hydrogen-bond acceptors (Lipinski definition) is 9. The lowest BCUT2D eigenvalue weighted by molar-refractivity contribution is 0.233. The highest BCUT2D eigenvalue weighted by Crippen LogP contribution is 2.23. The number of likely N-dealkylation sites (tertiary alicyclic amines) is 1. The van der Waals surface area contributed by atoms with Gasteiger partial charge in [-0.15, -0.1) is 17.5 Å². The zero-order chi connectivity index (χ0) is 19.8. The summed E-state index contributed by atoms with van der Waals surface area (Å²) < 4.78 is 12.2. The fourth-order valence-electron chi connectivity index (χ4n) is 3.58. The molecule has 30 heavy (non-hydrogen) atoms. The monoisotopic (exact) mass is 450 g/mol. The van der Waals surface area contributed by atoms with E-state index in [1.54, 1.807) is 24.5 Å². The molecule has 4 aromatic heterocycles. The van der Waals surface area contributed by atoms with Crippen LogP contribution in [0.1, 0.15) is 18.6 Å². The van der Waals surface area contributed by atoms with Crippen molar-refractivity contribution in [3.63, 3.8) is 0 Å². The molecule has 0 unspecified atom stereocenters. The van der Waals surface area contributed by atoms with Gasteiger partial charge in [0.25, 0.3) is 5.78 Å². The number of rotatable bonds is 6. The molecular formula is C18H20Cl2N8O2. The molecule has 12 heteroatoms. The van der Waals surface area contributed by atoms with Crippen molar-refractivity contribution >= 4 is 41.7 Å². The molecule has 158 valence electrons. The van der Waals surface area contributed by atoms with E-state index in [4.69, 9.17) is 26.2 Å². The van der Waals surface area contributed by atoms with Crippen LogP contribution in [0.4, 0.5) is 11.9 Å². The van der Waals surface area contributed by atoms with Crippen molar-refractivity contribution in [1.29, 1.82) is 0 Å². The van der Waals surface area contributed by atoms with Crippen LogP contribution in [0.3, 0.4) is 0 Å². The molecule has 0 amide bonds. The van der Waals surface area contributed by atoms with Crippen LogP contribution in [0.25, 0.3) is 17.4 Å². The number of furan rings is 2. The number of nitrogen functional groups attached to an aromatic ring is 1. The number of anilines is 2. The number of fused-ring (bicyclic) bond motifs is 1. The van der Waals surface area contributed by atoms with Crippen molar-refractivity contribution in [3.05, 3.63) is 41.5 Å². The van der Waals surface area contributed by atoms with Crippen molar-refractivity contribution in [2.45, 2.75) is 25.4 Å². The van der Waals surface area contributed by atoms with Gasteiger partial charge in [0, 0.05) is 12.6 Å². The molecule has 0 saturated carbocycles. The molecule has 1 saturated heterocycles. The molecule has 0 bridgehead atoms. The zero-order valence-electron chi connectivity index (χ0n) is 15.9. The maximum absolute atomic E-state index is 6.04. The van der Waals surface area contributed by atoms with E-state index < -0.39 is 0 Å². The maximum atomic E-state index is 6.04. The minimum atomic E-state index is 0. The second-order valence-corrected chi connectivity index (χ2v) is 7.26. The lowest BCUT2D eigenvalue weighted by Crippen LogP contribution is -2.34. The smallest absolute Gasteiger partial charge is 0.259 e. The summed E-state index contributed by atoms with van der Waals surface area (Å²) in [6, 6.07) is 7.55. The van der Waals surface area contributed by atoms with E-state index in [9.17, 15) is 0 Å². The third-order valence-corrected chi connectivity index (χ3v) is 5.16. The van der Waals surface area contributed by atoms with Gasteiger partial charge in [0.1, 0.15) is 5.76 Å². The third kappa shape index (κ3) is 4.07. The Morgan fingerprint density at radius 3 is 2.90 bits per heavy atom. The fourth-order valence-corrected chi connectivity index (χ4v) is 3.74. The minimum Gasteiger partial charge on any atom is -0.461 e. The summed E-state index contributed by atoms with van der Waals surface area (Å²) in [4.78, 5) is 15.5. The Balaban J connectivity index is 0.00000218. The third-order valence-electron chi connectivity index (χ3n) is 4.96. The van der Waals surface area contributed by atoms with Crippen LogP contribution in [0.5, 0.6) is 0 Å². The molecule has 4 aromatic rings. The Morgan fingerprint density at radius 2 is 2.13 bits per heavy atom. The fraction of sp³-hybridized carbons (Fsp3) is 0.333. The van der Waals surface area contributed by atoms with Crippen molar-refractivity contribution in [1.82, 2.24) is 29.5 Å². The van der Waals surface area contributed by atoms with Crippen molar-refractivity contribution in [2.75, 3.05) is 24.1 Å². The summed E-state index contributed by atoms with van der Waals surface area (Å²) in [7, 11) is 0. The molecule has 3 N–H and O–H groups in total. The quantitative estimate of drug-likeness (QED) is 0.455. The average molecular weight is 451 g/mol. The summed E-state index contributed by atoms with van der Waals surface area (Å²) in [5.41, 5.74) is 6.04. The van der Waals surface area contributed by atoms with E-state index in [-0.39, 0.29) is 18.4 Å². The highest BCUT2D eigenvalue weighted by Gasteiger charge is 2.25. The van der Waals surface area contributed by atoms with E-state index >= 15 is 0 Å². The lowest BCUT2D eigenvalue weighted by atomic mass is 10.2. The number of nitrogens with one attached hydrogen (secondary N) is 1. The molecule has 0 aromatic carbocycles. The minimum absolute atomic E-state index is 0. The van der Waals surface area contributed by atoms with Crippen LogP contribution in [0, 0.1) is 0 Å². The van der Waals surface area contributed by atoms with Gasteiger partial charge < -0.3 is 19.9 Å². The molecule has 5 rings (SSSR count). The molecule has 1 fully saturated rings. The number of aromatic nitrogens is 5. The number of nitrogens with zero attached hydrogens (tertiary/aromatic N) is 6. The number of halogens is 2. The van der Waals surface area contributed by atoms with E-state index in [0.717, 1.165) is 31.7 Å². The van der Waals surface area contributed by atoms with Crippen LogP contribution in [-0.4, -0.2) is 48.6 Å². The lowest BCUT2D eigenvalue weighted by Gasteiger charge is -2.23. The number of nitrogens with two attached hydrogens (primary N) is 1. The Kier molecular flexibility index (Phi) is 5.80. The van der Waals surface area contributed by atoms with Crippen LogP contribution in [-0.2, 0) is 6.54 Å². The first-order valence-corrected chi connectivity index (χ1v) is 9.70. The van der Waals surface area contributed by atoms with Gasteiger partial charge in [0.05, 0.1) is 12.8 Å². The van der Waals surface area contributed by atoms with E-state index in [1.165, 1.54) is 4.52 Å². The Morgan fingerprint density at radius 1 is 1.23 bits per heavy atom. The number of hydrogen-bond donors (Lipinski definition) is 2. The van der Waals surface area contributed by atoms with E-state index in [0.29, 0.717) is 41.1 Å². The van der Waals surface area contributed by atoms with Crippen LogP contribution in [0.2, 0.25) is 5.22 Å². The van der Waals surface area contributed by atoms with E-state index in [1.807, 2.05) is 6.07 Å². The Labute approximate surface area is 182 Å². The average Bonchev–Trinajstić information content (AvgIpc) is 3.48. The van der Waals surface area contributed by atoms with Crippen LogP contribution < -0.4 is 11.1 Å². The van der Waals surface area contributed by atoms with Gasteiger partial charge in [-0.3, -0.25) is 4.90 Å². The van der Waals surface area contributed by atoms with Gasteiger partial charge in [0.15, 0.2) is 11.0 Å². The van der Waals surface area contributed by atoms with Crippen LogP contribution in [0.15, 0.2) is 39.4 Å². The van der Waals surface area contributed by atoms with Gasteiger partial charge in [-0.2, -0.15) is 19.5 Å². The SMILES string of the molecule is Cl.Nc1nc(NC[C@H]2CCCN2Cc2ccc(Cl)o2)nc2nc(-c3ccco3)nn12. The molecule has 10 nitrogen and oxygen atoms in total. The predicted octanol–water partition coefficient (Wildman–Crippen LogP) is 3.11. The Hall–Kier alpha value is -2.82. The van der Waals surface area contributed by atoms with E-state index in [2.05, 4.69) is 30.3 Å². The topological polar surface area (TPSA) is 124 Å². The summed E-state index contributed by atoms with van der Waals surface area (Å²) >= 11 is 5.88. The first-order chi connectivity index (χ1) is 14.2. The normalized spacial score (nSPS) is 16.8. The summed E-state index contributed by atoms with van der Waals surface area (Å²) in [6.07, 6.45) is 3.76. The summed E-state index contributed by atoms with van der Waals surface area (Å²) in [5, 5.41) is 7.99.